The van der Waals surface area contributed by atoms with Gasteiger partial charge in [0.25, 0.3) is 0 Å². The van der Waals surface area contributed by atoms with Crippen molar-refractivity contribution in [1.82, 2.24) is 15.5 Å². The molecule has 2 rings (SSSR count). The minimum absolute atomic E-state index is 0.0118. The van der Waals surface area contributed by atoms with E-state index in [9.17, 15) is 4.79 Å². The smallest absolute Gasteiger partial charge is 0.237 e. The summed E-state index contributed by atoms with van der Waals surface area (Å²) < 4.78 is 0. The molecule has 2 heterocycles. The molecular formula is C16H31N3O. The van der Waals surface area contributed by atoms with E-state index >= 15 is 0 Å². The van der Waals surface area contributed by atoms with Crippen LogP contribution in [0.5, 0.6) is 0 Å². The first-order valence-electron chi connectivity index (χ1n) is 8.28. The molecule has 0 aromatic carbocycles. The Morgan fingerprint density at radius 1 is 1.35 bits per heavy atom. The van der Waals surface area contributed by atoms with Crippen LogP contribution in [0.25, 0.3) is 0 Å². The van der Waals surface area contributed by atoms with Gasteiger partial charge in [0, 0.05) is 19.1 Å². The number of hydrogen-bond acceptors (Lipinski definition) is 3. The monoisotopic (exact) mass is 281 g/mol. The van der Waals surface area contributed by atoms with E-state index in [0.717, 1.165) is 50.9 Å². The summed E-state index contributed by atoms with van der Waals surface area (Å²) in [6.07, 6.45) is 2.21. The number of carbonyl (C=O) groups is 1. The van der Waals surface area contributed by atoms with E-state index in [1.807, 2.05) is 0 Å². The van der Waals surface area contributed by atoms with Crippen LogP contribution in [0.15, 0.2) is 0 Å². The zero-order chi connectivity index (χ0) is 14.7. The highest BCUT2D eigenvalue weighted by Gasteiger charge is 2.45. The lowest BCUT2D eigenvalue weighted by Gasteiger charge is -2.31. The molecule has 2 saturated heterocycles. The topological polar surface area (TPSA) is 44.4 Å². The lowest BCUT2D eigenvalue weighted by Crippen LogP contribution is -2.49. The lowest BCUT2D eigenvalue weighted by atomic mass is 9.92. The summed E-state index contributed by atoms with van der Waals surface area (Å²) in [5, 5.41) is 6.60. The average Bonchev–Trinajstić information content (AvgIpc) is 2.96. The fraction of sp³-hybridized carbons (Fsp3) is 0.938. The predicted molar refractivity (Wildman–Crippen MR) is 82.6 cm³/mol. The molecule has 0 spiro atoms. The van der Waals surface area contributed by atoms with E-state index in [0.29, 0.717) is 12.0 Å². The molecule has 0 radical (unpaired) electrons. The third kappa shape index (κ3) is 3.34. The van der Waals surface area contributed by atoms with E-state index in [1.165, 1.54) is 0 Å². The van der Waals surface area contributed by atoms with Gasteiger partial charge in [0.05, 0.1) is 6.04 Å². The molecule has 2 aliphatic heterocycles. The number of likely N-dealkylation sites (tertiary alicyclic amines) is 1. The van der Waals surface area contributed by atoms with Gasteiger partial charge in [-0.3, -0.25) is 9.69 Å². The van der Waals surface area contributed by atoms with Crippen LogP contribution in [0.3, 0.4) is 0 Å². The Bertz CT molecular complexity index is 332. The van der Waals surface area contributed by atoms with Crippen molar-refractivity contribution in [3.63, 3.8) is 0 Å². The molecule has 2 N–H and O–H groups in total. The Balaban J connectivity index is 1.88. The summed E-state index contributed by atoms with van der Waals surface area (Å²) >= 11 is 0. The maximum atomic E-state index is 12.3. The van der Waals surface area contributed by atoms with Crippen molar-refractivity contribution in [2.75, 3.05) is 26.2 Å². The van der Waals surface area contributed by atoms with Gasteiger partial charge in [0.2, 0.25) is 5.91 Å². The first-order chi connectivity index (χ1) is 9.54. The van der Waals surface area contributed by atoms with Crippen LogP contribution in [0.1, 0.15) is 40.5 Å². The molecule has 0 bridgehead atoms. The number of nitrogens with one attached hydrogen (secondary N) is 2. The first-order valence-corrected chi connectivity index (χ1v) is 8.28. The lowest BCUT2D eigenvalue weighted by molar-refractivity contribution is -0.126. The molecule has 116 valence electrons. The predicted octanol–water partition coefficient (Wildman–Crippen LogP) is 1.47. The van der Waals surface area contributed by atoms with Crippen molar-refractivity contribution in [2.24, 2.45) is 17.8 Å². The van der Waals surface area contributed by atoms with Gasteiger partial charge in [-0.1, -0.05) is 20.8 Å². The molecule has 1 amide bonds. The molecule has 4 nitrogen and oxygen atoms in total. The van der Waals surface area contributed by atoms with Gasteiger partial charge < -0.3 is 10.6 Å². The second kappa shape index (κ2) is 6.90. The van der Waals surface area contributed by atoms with Gasteiger partial charge >= 0.3 is 0 Å². The van der Waals surface area contributed by atoms with Gasteiger partial charge in [0.15, 0.2) is 0 Å². The minimum Gasteiger partial charge on any atom is -0.355 e. The molecule has 0 aliphatic carbocycles. The number of amides is 1. The minimum atomic E-state index is 0.0118. The largest absolute Gasteiger partial charge is 0.355 e. The van der Waals surface area contributed by atoms with Crippen molar-refractivity contribution in [3.8, 4) is 0 Å². The average molecular weight is 281 g/mol. The molecule has 2 fully saturated rings. The number of hydrogen-bond donors (Lipinski definition) is 2. The fourth-order valence-corrected chi connectivity index (χ4v) is 3.82. The summed E-state index contributed by atoms with van der Waals surface area (Å²) in [7, 11) is 0. The van der Waals surface area contributed by atoms with Gasteiger partial charge in [-0.25, -0.2) is 0 Å². The summed E-state index contributed by atoms with van der Waals surface area (Å²) in [6.45, 7) is 12.8. The van der Waals surface area contributed by atoms with Crippen molar-refractivity contribution in [3.05, 3.63) is 0 Å². The SMILES string of the molecule is CCC1C2CNCC2CN1C(C)C(=O)NCCC(C)C. The first kappa shape index (κ1) is 15.8. The van der Waals surface area contributed by atoms with Crippen LogP contribution in [0, 0.1) is 17.8 Å². The van der Waals surface area contributed by atoms with Crippen LogP contribution >= 0.6 is 0 Å². The van der Waals surface area contributed by atoms with Gasteiger partial charge in [-0.15, -0.1) is 0 Å². The van der Waals surface area contributed by atoms with Crippen molar-refractivity contribution in [2.45, 2.75) is 52.6 Å². The second-order valence-corrected chi connectivity index (χ2v) is 6.90. The second-order valence-electron chi connectivity index (χ2n) is 6.90. The maximum absolute atomic E-state index is 12.3. The Kier molecular flexibility index (Phi) is 5.44. The van der Waals surface area contributed by atoms with Gasteiger partial charge in [-0.2, -0.15) is 0 Å². The number of carbonyl (C=O) groups excluding carboxylic acids is 1. The Labute approximate surface area is 123 Å². The maximum Gasteiger partial charge on any atom is 0.237 e. The van der Waals surface area contributed by atoms with E-state index < -0.39 is 0 Å². The molecule has 4 unspecified atom stereocenters. The molecule has 0 aromatic rings. The van der Waals surface area contributed by atoms with Crippen LogP contribution in [-0.4, -0.2) is 49.1 Å². The molecule has 0 aromatic heterocycles. The van der Waals surface area contributed by atoms with Gasteiger partial charge in [-0.05, 0) is 50.6 Å². The van der Waals surface area contributed by atoms with Crippen LogP contribution in [0.4, 0.5) is 0 Å². The summed E-state index contributed by atoms with van der Waals surface area (Å²) in [6, 6.07) is 0.582. The molecule has 4 heteroatoms. The highest BCUT2D eigenvalue weighted by Crippen LogP contribution is 2.35. The van der Waals surface area contributed by atoms with E-state index in [4.69, 9.17) is 0 Å². The quantitative estimate of drug-likeness (QED) is 0.775. The Morgan fingerprint density at radius 3 is 2.75 bits per heavy atom. The third-order valence-corrected chi connectivity index (χ3v) is 5.07. The Hall–Kier alpha value is -0.610. The van der Waals surface area contributed by atoms with Crippen molar-refractivity contribution in [1.29, 1.82) is 0 Å². The van der Waals surface area contributed by atoms with Gasteiger partial charge in [0.1, 0.15) is 0 Å². The normalized spacial score (nSPS) is 31.6. The highest BCUT2D eigenvalue weighted by atomic mass is 16.2. The molecular weight excluding hydrogens is 250 g/mol. The highest BCUT2D eigenvalue weighted by molar-refractivity contribution is 5.81. The summed E-state index contributed by atoms with van der Waals surface area (Å²) in [5.41, 5.74) is 0. The zero-order valence-corrected chi connectivity index (χ0v) is 13.5. The molecule has 0 saturated carbocycles. The Morgan fingerprint density at radius 2 is 2.10 bits per heavy atom. The number of fused-ring (bicyclic) bond motifs is 1. The van der Waals surface area contributed by atoms with Crippen molar-refractivity contribution >= 4 is 5.91 Å². The molecule has 2 aliphatic rings. The third-order valence-electron chi connectivity index (χ3n) is 5.07. The summed E-state index contributed by atoms with van der Waals surface area (Å²) in [4.78, 5) is 14.8. The summed E-state index contributed by atoms with van der Waals surface area (Å²) in [5.74, 6) is 2.33. The van der Waals surface area contributed by atoms with Crippen LogP contribution < -0.4 is 10.6 Å². The number of nitrogens with zero attached hydrogens (tertiary/aromatic N) is 1. The standard InChI is InChI=1S/C16H31N3O/c1-5-15-14-9-17-8-13(14)10-19(15)12(4)16(20)18-7-6-11(2)3/h11-15,17H,5-10H2,1-4H3,(H,18,20). The molecule has 4 atom stereocenters. The van der Waals surface area contributed by atoms with E-state index in [1.54, 1.807) is 0 Å². The van der Waals surface area contributed by atoms with E-state index in [2.05, 4.69) is 43.2 Å². The van der Waals surface area contributed by atoms with Crippen LogP contribution in [0.2, 0.25) is 0 Å². The number of rotatable bonds is 6. The van der Waals surface area contributed by atoms with Crippen LogP contribution in [-0.2, 0) is 4.79 Å². The van der Waals surface area contributed by atoms with E-state index in [-0.39, 0.29) is 11.9 Å². The fourth-order valence-electron chi connectivity index (χ4n) is 3.82. The zero-order valence-electron chi connectivity index (χ0n) is 13.5. The molecule has 20 heavy (non-hydrogen) atoms. The van der Waals surface area contributed by atoms with Crippen molar-refractivity contribution < 1.29 is 4.79 Å².